The maximum Gasteiger partial charge on any atom is 0.170 e. The predicted molar refractivity (Wildman–Crippen MR) is 86.6 cm³/mol. The third-order valence-electron chi connectivity index (χ3n) is 3.54. The minimum absolute atomic E-state index is 0.0944. The van der Waals surface area contributed by atoms with Gasteiger partial charge in [0, 0.05) is 5.56 Å². The summed E-state index contributed by atoms with van der Waals surface area (Å²) in [6.07, 6.45) is 2.97. The lowest BCUT2D eigenvalue weighted by Gasteiger charge is -2.15. The Morgan fingerprint density at radius 1 is 1.21 bits per heavy atom. The molecule has 0 spiro atoms. The number of ether oxygens (including phenoxy) is 2. The molecule has 0 N–H and O–H groups in total. The van der Waals surface area contributed by atoms with Gasteiger partial charge >= 0.3 is 0 Å². The fourth-order valence-electron chi connectivity index (χ4n) is 2.42. The van der Waals surface area contributed by atoms with Crippen LogP contribution in [0.4, 0.5) is 0 Å². The minimum atomic E-state index is -1.37. The van der Waals surface area contributed by atoms with Crippen molar-refractivity contribution in [2.24, 2.45) is 5.10 Å². The summed E-state index contributed by atoms with van der Waals surface area (Å²) in [4.78, 5) is 15.7. The molecule has 0 atom stereocenters. The van der Waals surface area contributed by atoms with Gasteiger partial charge in [0.15, 0.2) is 11.5 Å². The largest absolute Gasteiger partial charge is 0.545 e. The number of nitrogens with zero attached hydrogens (tertiary/aromatic N) is 3. The molecule has 0 saturated carbocycles. The third kappa shape index (κ3) is 2.67. The number of carbonyl (C=O) groups excluding carboxylic acids is 1. The van der Waals surface area contributed by atoms with Crippen LogP contribution >= 0.6 is 0 Å². The highest BCUT2D eigenvalue weighted by Gasteiger charge is 2.15. The van der Waals surface area contributed by atoms with Crippen molar-refractivity contribution in [1.82, 2.24) is 9.66 Å². The molecule has 1 heterocycles. The average Bonchev–Trinajstić information content (AvgIpc) is 3.02. The van der Waals surface area contributed by atoms with E-state index in [0.29, 0.717) is 11.3 Å². The zero-order chi connectivity index (χ0) is 17.1. The molecule has 0 aliphatic carbocycles. The third-order valence-corrected chi connectivity index (χ3v) is 3.54. The molecule has 122 valence electrons. The molecule has 3 rings (SSSR count). The van der Waals surface area contributed by atoms with E-state index in [0.717, 1.165) is 11.0 Å². The van der Waals surface area contributed by atoms with Crippen LogP contribution < -0.4 is 14.6 Å². The molecule has 7 heteroatoms. The van der Waals surface area contributed by atoms with Crippen LogP contribution in [0.25, 0.3) is 11.0 Å². The number of hydrogen-bond donors (Lipinski definition) is 0. The van der Waals surface area contributed by atoms with Gasteiger partial charge < -0.3 is 19.4 Å². The summed E-state index contributed by atoms with van der Waals surface area (Å²) >= 11 is 0. The Hall–Kier alpha value is -3.35. The number of carboxylic acid groups (broad SMARTS) is 1. The number of carbonyl (C=O) groups is 1. The van der Waals surface area contributed by atoms with Crippen LogP contribution in [-0.2, 0) is 0 Å². The normalized spacial score (nSPS) is 11.1. The van der Waals surface area contributed by atoms with Crippen LogP contribution in [0, 0.1) is 0 Å². The summed E-state index contributed by atoms with van der Waals surface area (Å²) in [5.41, 5.74) is 1.82. The van der Waals surface area contributed by atoms with Gasteiger partial charge in [-0.3, -0.25) is 0 Å². The second kappa shape index (κ2) is 6.41. The predicted octanol–water partition coefficient (Wildman–Crippen LogP) is 1.30. The van der Waals surface area contributed by atoms with Gasteiger partial charge in [0.1, 0.15) is 6.33 Å². The molecular weight excluding hydrogens is 310 g/mol. The average molecular weight is 324 g/mol. The minimum Gasteiger partial charge on any atom is -0.545 e. The molecule has 1 aromatic heterocycles. The standard InChI is InChI=1S/C17H15N3O4/c1-23-14-8-7-11(15(17(21)22)16(14)24-2)9-19-20-10-18-12-5-3-4-6-13(12)20/h3-10H,1-2H3,(H,21,22)/p-1/b19-9-. The van der Waals surface area contributed by atoms with E-state index < -0.39 is 5.97 Å². The Balaban J connectivity index is 2.08. The number of aromatic carboxylic acids is 1. The van der Waals surface area contributed by atoms with Crippen molar-refractivity contribution in [2.75, 3.05) is 14.2 Å². The van der Waals surface area contributed by atoms with E-state index in [2.05, 4.69) is 10.1 Å². The fraction of sp³-hybridized carbons (Fsp3) is 0.118. The number of aromatic nitrogens is 2. The summed E-state index contributed by atoms with van der Waals surface area (Å²) < 4.78 is 11.8. The van der Waals surface area contributed by atoms with Crippen molar-refractivity contribution in [2.45, 2.75) is 0 Å². The molecular formula is C17H14N3O4-. The van der Waals surface area contributed by atoms with Crippen molar-refractivity contribution in [3.8, 4) is 11.5 Å². The molecule has 0 aliphatic rings. The van der Waals surface area contributed by atoms with Gasteiger partial charge in [0.2, 0.25) is 0 Å². The molecule has 24 heavy (non-hydrogen) atoms. The number of imidazole rings is 1. The van der Waals surface area contributed by atoms with Crippen LogP contribution in [0.2, 0.25) is 0 Å². The van der Waals surface area contributed by atoms with Crippen LogP contribution in [0.15, 0.2) is 47.8 Å². The lowest BCUT2D eigenvalue weighted by Crippen LogP contribution is -2.25. The fourth-order valence-corrected chi connectivity index (χ4v) is 2.42. The van der Waals surface area contributed by atoms with E-state index in [4.69, 9.17) is 9.47 Å². The highest BCUT2D eigenvalue weighted by molar-refractivity contribution is 6.01. The Labute approximate surface area is 137 Å². The number of benzene rings is 2. The number of para-hydroxylation sites is 2. The van der Waals surface area contributed by atoms with Gasteiger partial charge in [-0.25, -0.2) is 9.66 Å². The number of hydrogen-bond acceptors (Lipinski definition) is 6. The Bertz CT molecular complexity index is 931. The van der Waals surface area contributed by atoms with Gasteiger partial charge in [0.25, 0.3) is 0 Å². The quantitative estimate of drug-likeness (QED) is 0.660. The number of rotatable bonds is 5. The van der Waals surface area contributed by atoms with E-state index in [-0.39, 0.29) is 11.3 Å². The summed E-state index contributed by atoms with van der Waals surface area (Å²) in [6, 6.07) is 10.7. The van der Waals surface area contributed by atoms with Gasteiger partial charge in [-0.15, -0.1) is 0 Å². The summed E-state index contributed by atoms with van der Waals surface area (Å²) in [5.74, 6) is -0.971. The Morgan fingerprint density at radius 2 is 2.00 bits per heavy atom. The number of carboxylic acids is 1. The molecule has 0 aliphatic heterocycles. The van der Waals surface area contributed by atoms with Crippen molar-refractivity contribution in [3.63, 3.8) is 0 Å². The molecule has 0 amide bonds. The number of fused-ring (bicyclic) bond motifs is 1. The van der Waals surface area contributed by atoms with E-state index in [1.807, 2.05) is 24.3 Å². The van der Waals surface area contributed by atoms with Gasteiger partial charge in [-0.1, -0.05) is 12.1 Å². The molecule has 3 aromatic rings. The second-order valence-corrected chi connectivity index (χ2v) is 4.88. The molecule has 7 nitrogen and oxygen atoms in total. The van der Waals surface area contributed by atoms with Crippen molar-refractivity contribution < 1.29 is 19.4 Å². The van der Waals surface area contributed by atoms with Gasteiger partial charge in [-0.05, 0) is 24.3 Å². The van der Waals surface area contributed by atoms with Crippen LogP contribution in [0.5, 0.6) is 11.5 Å². The monoisotopic (exact) mass is 324 g/mol. The highest BCUT2D eigenvalue weighted by atomic mass is 16.5. The summed E-state index contributed by atoms with van der Waals surface area (Å²) in [7, 11) is 2.80. The van der Waals surface area contributed by atoms with Crippen LogP contribution in [-0.4, -0.2) is 36.1 Å². The van der Waals surface area contributed by atoms with Gasteiger partial charge in [-0.2, -0.15) is 5.10 Å². The zero-order valence-corrected chi connectivity index (χ0v) is 13.1. The molecule has 0 unspecified atom stereocenters. The zero-order valence-electron chi connectivity index (χ0n) is 13.1. The topological polar surface area (TPSA) is 88.8 Å². The maximum atomic E-state index is 11.5. The van der Waals surface area contributed by atoms with Crippen molar-refractivity contribution in [1.29, 1.82) is 0 Å². The first-order chi connectivity index (χ1) is 11.7. The molecule has 0 radical (unpaired) electrons. The van der Waals surface area contributed by atoms with Crippen LogP contribution in [0.3, 0.4) is 0 Å². The van der Waals surface area contributed by atoms with Crippen molar-refractivity contribution >= 4 is 23.2 Å². The Morgan fingerprint density at radius 3 is 2.71 bits per heavy atom. The molecule has 2 aromatic carbocycles. The van der Waals surface area contributed by atoms with Crippen molar-refractivity contribution in [3.05, 3.63) is 53.9 Å². The first-order valence-corrected chi connectivity index (χ1v) is 7.08. The highest BCUT2D eigenvalue weighted by Crippen LogP contribution is 2.32. The molecule has 0 fully saturated rings. The molecule has 0 bridgehead atoms. The SMILES string of the molecule is COc1ccc(/C=N\n2cnc3ccccc32)c(C(=O)[O-])c1OC. The first-order valence-electron chi connectivity index (χ1n) is 7.08. The maximum absolute atomic E-state index is 11.5. The lowest BCUT2D eigenvalue weighted by atomic mass is 10.1. The van der Waals surface area contributed by atoms with Crippen LogP contribution in [0.1, 0.15) is 15.9 Å². The van der Waals surface area contributed by atoms with Gasteiger partial charge in [0.05, 0.1) is 43.0 Å². The summed E-state index contributed by atoms with van der Waals surface area (Å²) in [6.45, 7) is 0. The number of methoxy groups -OCH3 is 2. The van der Waals surface area contributed by atoms with E-state index in [1.165, 1.54) is 20.4 Å². The summed E-state index contributed by atoms with van der Waals surface area (Å²) in [5, 5.41) is 15.8. The first kappa shape index (κ1) is 15.5. The molecule has 0 saturated heterocycles. The lowest BCUT2D eigenvalue weighted by molar-refractivity contribution is -0.255. The smallest absolute Gasteiger partial charge is 0.170 e. The Kier molecular flexibility index (Phi) is 4.15. The second-order valence-electron chi connectivity index (χ2n) is 4.88. The van der Waals surface area contributed by atoms with E-state index in [9.17, 15) is 9.90 Å². The van der Waals surface area contributed by atoms with E-state index >= 15 is 0 Å². The van der Waals surface area contributed by atoms with E-state index in [1.54, 1.807) is 23.1 Å².